The summed E-state index contributed by atoms with van der Waals surface area (Å²) in [6.07, 6.45) is 1.99. The van der Waals surface area contributed by atoms with Crippen LogP contribution < -0.4 is 14.8 Å². The average molecular weight is 398 g/mol. The molecular formula is C21H26N4O4. The fourth-order valence-electron chi connectivity index (χ4n) is 2.93. The SMILES string of the molecule is CCOc1ccc(Oc2cc(CNC(=O)N3CCC(=O)N(C)CC3)ccn2)cc1. The molecule has 0 spiro atoms. The van der Waals surface area contributed by atoms with Crippen LogP contribution >= 0.6 is 0 Å². The Morgan fingerprint density at radius 1 is 1.14 bits per heavy atom. The number of benzene rings is 1. The molecule has 8 heteroatoms. The average Bonchev–Trinajstić information content (AvgIpc) is 2.90. The van der Waals surface area contributed by atoms with E-state index < -0.39 is 0 Å². The van der Waals surface area contributed by atoms with Gasteiger partial charge in [0.15, 0.2) is 0 Å². The van der Waals surface area contributed by atoms with Crippen molar-refractivity contribution in [3.63, 3.8) is 0 Å². The van der Waals surface area contributed by atoms with E-state index in [-0.39, 0.29) is 11.9 Å². The molecule has 1 N–H and O–H groups in total. The molecule has 3 rings (SSSR count). The molecule has 2 aromatic rings. The van der Waals surface area contributed by atoms with Crippen LogP contribution in [0.4, 0.5) is 4.79 Å². The number of urea groups is 1. The van der Waals surface area contributed by atoms with Crippen LogP contribution in [0, 0.1) is 0 Å². The maximum atomic E-state index is 12.4. The number of likely N-dealkylation sites (N-methyl/N-ethyl adjacent to an activating group) is 1. The molecule has 1 fully saturated rings. The summed E-state index contributed by atoms with van der Waals surface area (Å²) in [7, 11) is 1.76. The Hall–Kier alpha value is -3.29. The lowest BCUT2D eigenvalue weighted by atomic mass is 10.2. The molecule has 0 atom stereocenters. The van der Waals surface area contributed by atoms with Crippen molar-refractivity contribution in [2.75, 3.05) is 33.3 Å². The van der Waals surface area contributed by atoms with Crippen molar-refractivity contribution >= 4 is 11.9 Å². The van der Waals surface area contributed by atoms with Gasteiger partial charge in [0, 0.05) is 51.9 Å². The van der Waals surface area contributed by atoms with Crippen molar-refractivity contribution in [3.05, 3.63) is 48.2 Å². The van der Waals surface area contributed by atoms with E-state index in [9.17, 15) is 9.59 Å². The molecule has 1 aliphatic rings. The number of nitrogens with zero attached hydrogens (tertiary/aromatic N) is 3. The zero-order chi connectivity index (χ0) is 20.6. The van der Waals surface area contributed by atoms with Crippen molar-refractivity contribution < 1.29 is 19.1 Å². The van der Waals surface area contributed by atoms with E-state index >= 15 is 0 Å². The van der Waals surface area contributed by atoms with Crippen LogP contribution in [0.5, 0.6) is 17.4 Å². The summed E-state index contributed by atoms with van der Waals surface area (Å²) in [5, 5.41) is 2.90. The second kappa shape index (κ2) is 9.77. The maximum Gasteiger partial charge on any atom is 0.317 e. The van der Waals surface area contributed by atoms with E-state index in [4.69, 9.17) is 9.47 Å². The molecule has 1 aromatic heterocycles. The van der Waals surface area contributed by atoms with Gasteiger partial charge in [0.25, 0.3) is 0 Å². The summed E-state index contributed by atoms with van der Waals surface area (Å²) in [6.45, 7) is 4.39. The van der Waals surface area contributed by atoms with Crippen LogP contribution in [-0.4, -0.2) is 60.0 Å². The van der Waals surface area contributed by atoms with Crippen LogP contribution in [0.15, 0.2) is 42.6 Å². The molecule has 0 bridgehead atoms. The highest BCUT2D eigenvalue weighted by molar-refractivity contribution is 5.79. The van der Waals surface area contributed by atoms with Gasteiger partial charge in [-0.25, -0.2) is 9.78 Å². The summed E-state index contributed by atoms with van der Waals surface area (Å²) < 4.78 is 11.2. The maximum absolute atomic E-state index is 12.4. The smallest absolute Gasteiger partial charge is 0.317 e. The Labute approximate surface area is 170 Å². The van der Waals surface area contributed by atoms with Gasteiger partial charge in [0.1, 0.15) is 11.5 Å². The third kappa shape index (κ3) is 5.84. The van der Waals surface area contributed by atoms with Gasteiger partial charge in [-0.3, -0.25) is 4.79 Å². The number of ether oxygens (including phenoxy) is 2. The number of nitrogens with one attached hydrogen (secondary N) is 1. The number of pyridine rings is 1. The van der Waals surface area contributed by atoms with Crippen LogP contribution in [0.3, 0.4) is 0 Å². The highest BCUT2D eigenvalue weighted by Gasteiger charge is 2.21. The standard InChI is InChI=1S/C21H26N4O4/c1-3-28-17-4-6-18(7-5-17)29-19-14-16(8-10-22-19)15-23-21(27)25-11-9-20(26)24(2)12-13-25/h4-8,10,14H,3,9,11-13,15H2,1-2H3,(H,23,27). The molecule has 154 valence electrons. The van der Waals surface area contributed by atoms with E-state index in [2.05, 4.69) is 10.3 Å². The molecule has 0 radical (unpaired) electrons. The second-order valence-electron chi connectivity index (χ2n) is 6.72. The Kier molecular flexibility index (Phi) is 6.89. The first kappa shape index (κ1) is 20.4. The number of carbonyl (C=O) groups excluding carboxylic acids is 2. The van der Waals surface area contributed by atoms with Gasteiger partial charge in [0.05, 0.1) is 6.61 Å². The summed E-state index contributed by atoms with van der Waals surface area (Å²) in [6, 6.07) is 10.7. The molecule has 0 unspecified atom stereocenters. The van der Waals surface area contributed by atoms with Gasteiger partial charge >= 0.3 is 6.03 Å². The molecule has 1 aliphatic heterocycles. The van der Waals surface area contributed by atoms with Crippen LogP contribution in [0.2, 0.25) is 0 Å². The minimum atomic E-state index is -0.182. The van der Waals surface area contributed by atoms with Gasteiger partial charge in [-0.15, -0.1) is 0 Å². The van der Waals surface area contributed by atoms with Crippen molar-refractivity contribution in [2.45, 2.75) is 19.9 Å². The topological polar surface area (TPSA) is 84.0 Å². The molecule has 1 aromatic carbocycles. The number of amides is 3. The van der Waals surface area contributed by atoms with Crippen molar-refractivity contribution in [2.24, 2.45) is 0 Å². The lowest BCUT2D eigenvalue weighted by molar-refractivity contribution is -0.129. The van der Waals surface area contributed by atoms with E-state index in [1.54, 1.807) is 29.1 Å². The normalized spacial score (nSPS) is 14.3. The summed E-state index contributed by atoms with van der Waals surface area (Å²) in [5.41, 5.74) is 0.873. The number of carbonyl (C=O) groups is 2. The highest BCUT2D eigenvalue weighted by atomic mass is 16.5. The van der Waals surface area contributed by atoms with Gasteiger partial charge in [-0.2, -0.15) is 0 Å². The Balaban J connectivity index is 1.54. The summed E-state index contributed by atoms with van der Waals surface area (Å²) in [4.78, 5) is 31.7. The lowest BCUT2D eigenvalue weighted by Crippen LogP contribution is -2.41. The fourth-order valence-corrected chi connectivity index (χ4v) is 2.93. The molecule has 1 saturated heterocycles. The Morgan fingerprint density at radius 3 is 2.66 bits per heavy atom. The van der Waals surface area contributed by atoms with Crippen molar-refractivity contribution in [1.29, 1.82) is 0 Å². The second-order valence-corrected chi connectivity index (χ2v) is 6.72. The molecule has 0 saturated carbocycles. The molecule has 3 amide bonds. The summed E-state index contributed by atoms with van der Waals surface area (Å²) in [5.74, 6) is 1.94. The number of hydrogen-bond acceptors (Lipinski definition) is 5. The third-order valence-electron chi connectivity index (χ3n) is 4.61. The number of hydrogen-bond donors (Lipinski definition) is 1. The van der Waals surface area contributed by atoms with E-state index in [0.717, 1.165) is 11.3 Å². The predicted octanol–water partition coefficient (Wildman–Crippen LogP) is 2.65. The lowest BCUT2D eigenvalue weighted by Gasteiger charge is -2.20. The largest absolute Gasteiger partial charge is 0.494 e. The predicted molar refractivity (Wildman–Crippen MR) is 108 cm³/mol. The van der Waals surface area contributed by atoms with Crippen molar-refractivity contribution in [1.82, 2.24) is 20.1 Å². The van der Waals surface area contributed by atoms with Crippen LogP contribution in [0.1, 0.15) is 18.9 Å². The molecule has 2 heterocycles. The van der Waals surface area contributed by atoms with Gasteiger partial charge in [-0.05, 0) is 42.8 Å². The number of aromatic nitrogens is 1. The van der Waals surface area contributed by atoms with Crippen molar-refractivity contribution in [3.8, 4) is 17.4 Å². The summed E-state index contributed by atoms with van der Waals surface area (Å²) >= 11 is 0. The minimum Gasteiger partial charge on any atom is -0.494 e. The minimum absolute atomic E-state index is 0.0607. The quantitative estimate of drug-likeness (QED) is 0.809. The molecule has 29 heavy (non-hydrogen) atoms. The highest BCUT2D eigenvalue weighted by Crippen LogP contribution is 2.23. The van der Waals surface area contributed by atoms with Gasteiger partial charge < -0.3 is 24.6 Å². The Bertz CT molecular complexity index is 841. The van der Waals surface area contributed by atoms with Gasteiger partial charge in [0.2, 0.25) is 11.8 Å². The first-order valence-electron chi connectivity index (χ1n) is 9.67. The Morgan fingerprint density at radius 2 is 1.90 bits per heavy atom. The van der Waals surface area contributed by atoms with E-state index in [1.807, 2.05) is 37.3 Å². The van der Waals surface area contributed by atoms with E-state index in [1.165, 1.54) is 0 Å². The first-order valence-corrected chi connectivity index (χ1v) is 9.67. The molecule has 0 aliphatic carbocycles. The van der Waals surface area contributed by atoms with Crippen LogP contribution in [-0.2, 0) is 11.3 Å². The molecule has 8 nitrogen and oxygen atoms in total. The zero-order valence-electron chi connectivity index (χ0n) is 16.8. The third-order valence-corrected chi connectivity index (χ3v) is 4.61. The zero-order valence-corrected chi connectivity index (χ0v) is 16.8. The molecular weight excluding hydrogens is 372 g/mol. The van der Waals surface area contributed by atoms with Gasteiger partial charge in [-0.1, -0.05) is 0 Å². The number of rotatable bonds is 6. The first-order chi connectivity index (χ1) is 14.0. The van der Waals surface area contributed by atoms with Crippen LogP contribution in [0.25, 0.3) is 0 Å². The monoisotopic (exact) mass is 398 g/mol. The fraction of sp³-hybridized carbons (Fsp3) is 0.381. The van der Waals surface area contributed by atoms with E-state index in [0.29, 0.717) is 50.8 Å².